The number of nitrogens with zero attached hydrogens (tertiary/aromatic N) is 1. The number of rotatable bonds is 2. The molecule has 0 bridgehead atoms. The summed E-state index contributed by atoms with van der Waals surface area (Å²) < 4.78 is 37.0. The van der Waals surface area contributed by atoms with Crippen LogP contribution in [0.15, 0.2) is 6.20 Å². The molecule has 1 amide bonds. The van der Waals surface area contributed by atoms with Crippen LogP contribution < -0.4 is 5.73 Å². The van der Waals surface area contributed by atoms with Gasteiger partial charge in [0, 0.05) is 0 Å². The number of pyridine rings is 1. The van der Waals surface area contributed by atoms with Crippen molar-refractivity contribution in [3.05, 3.63) is 23.3 Å². The minimum absolute atomic E-state index is 0.404. The monoisotopic (exact) mass is 206 g/mol. The Morgan fingerprint density at radius 1 is 1.57 bits per heavy atom. The Kier molecular flexibility index (Phi) is 2.59. The van der Waals surface area contributed by atoms with Crippen LogP contribution in [0, 0.1) is 5.82 Å². The third-order valence-corrected chi connectivity index (χ3v) is 1.50. The van der Waals surface area contributed by atoms with Crippen LogP contribution in [0.1, 0.15) is 22.5 Å². The maximum atomic E-state index is 12.7. The molecule has 0 fully saturated rings. The van der Waals surface area contributed by atoms with Gasteiger partial charge in [-0.05, 0) is 0 Å². The summed E-state index contributed by atoms with van der Waals surface area (Å²) in [5.41, 5.74) is 2.66. The molecular weight excluding hydrogens is 201 g/mol. The Morgan fingerprint density at radius 2 is 2.14 bits per heavy atom. The molecule has 0 aliphatic rings. The highest BCUT2D eigenvalue weighted by atomic mass is 19.3. The van der Waals surface area contributed by atoms with Crippen LogP contribution in [0.2, 0.25) is 0 Å². The summed E-state index contributed by atoms with van der Waals surface area (Å²) >= 11 is 0. The van der Waals surface area contributed by atoms with Gasteiger partial charge in [0.05, 0.1) is 11.8 Å². The number of aromatic hydroxyl groups is 1. The van der Waals surface area contributed by atoms with Crippen LogP contribution in [0.4, 0.5) is 13.2 Å². The molecule has 1 rings (SSSR count). The van der Waals surface area contributed by atoms with Gasteiger partial charge in [0.1, 0.15) is 0 Å². The minimum atomic E-state index is -3.24. The van der Waals surface area contributed by atoms with E-state index in [0.717, 1.165) is 0 Å². The van der Waals surface area contributed by atoms with Crippen LogP contribution >= 0.6 is 0 Å². The number of amides is 1. The number of halogens is 3. The predicted molar refractivity (Wildman–Crippen MR) is 39.3 cm³/mol. The first-order valence-corrected chi connectivity index (χ1v) is 3.40. The molecule has 0 radical (unpaired) electrons. The maximum absolute atomic E-state index is 12.7. The Morgan fingerprint density at radius 3 is 2.57 bits per heavy atom. The molecule has 0 saturated heterocycles. The zero-order valence-electron chi connectivity index (χ0n) is 6.67. The molecular formula is C7H5F3N2O2. The van der Waals surface area contributed by atoms with Crippen molar-refractivity contribution < 1.29 is 23.1 Å². The molecule has 0 saturated carbocycles. The van der Waals surface area contributed by atoms with Crippen LogP contribution in [-0.4, -0.2) is 16.0 Å². The number of alkyl halides is 2. The van der Waals surface area contributed by atoms with E-state index in [-0.39, 0.29) is 0 Å². The summed E-state index contributed by atoms with van der Waals surface area (Å²) in [7, 11) is 0. The van der Waals surface area contributed by atoms with Crippen LogP contribution in [-0.2, 0) is 0 Å². The molecule has 1 heterocycles. The Labute approximate surface area is 76.2 Å². The van der Waals surface area contributed by atoms with Crippen LogP contribution in [0.3, 0.4) is 0 Å². The van der Waals surface area contributed by atoms with Gasteiger partial charge < -0.3 is 10.8 Å². The lowest BCUT2D eigenvalue weighted by Crippen LogP contribution is -2.14. The number of hydrogen-bond donors (Lipinski definition) is 2. The first kappa shape index (κ1) is 10.3. The zero-order chi connectivity index (χ0) is 10.9. The van der Waals surface area contributed by atoms with Gasteiger partial charge in [0.25, 0.3) is 12.3 Å². The van der Waals surface area contributed by atoms with Gasteiger partial charge in [0.15, 0.2) is 17.3 Å². The lowest BCUT2D eigenvalue weighted by Gasteiger charge is -2.06. The van der Waals surface area contributed by atoms with Crippen LogP contribution in [0.25, 0.3) is 0 Å². The first-order chi connectivity index (χ1) is 6.45. The quantitative estimate of drug-likeness (QED) is 0.756. The highest BCUT2D eigenvalue weighted by molar-refractivity contribution is 5.93. The van der Waals surface area contributed by atoms with E-state index >= 15 is 0 Å². The molecule has 4 nitrogen and oxygen atoms in total. The third-order valence-electron chi connectivity index (χ3n) is 1.50. The number of hydrogen-bond acceptors (Lipinski definition) is 3. The molecule has 1 aromatic heterocycles. The standard InChI is InChI=1S/C7H5F3N2O2/c8-2-1-12-4(7(11)14)5(13)3(2)6(9)10/h1,6,13H,(H2,11,14). The summed E-state index contributed by atoms with van der Waals surface area (Å²) in [5.74, 6) is -3.81. The zero-order valence-corrected chi connectivity index (χ0v) is 6.67. The summed E-state index contributed by atoms with van der Waals surface area (Å²) in [6, 6.07) is 0. The van der Waals surface area contributed by atoms with E-state index in [1.807, 2.05) is 0 Å². The van der Waals surface area contributed by atoms with Gasteiger partial charge in [-0.1, -0.05) is 0 Å². The van der Waals surface area contributed by atoms with Gasteiger partial charge in [0.2, 0.25) is 0 Å². The normalized spacial score (nSPS) is 10.6. The van der Waals surface area contributed by atoms with Crippen molar-refractivity contribution in [2.45, 2.75) is 6.43 Å². The number of carbonyl (C=O) groups excluding carboxylic acids is 1. The van der Waals surface area contributed by atoms with Crippen LogP contribution in [0.5, 0.6) is 5.75 Å². The SMILES string of the molecule is NC(=O)c1ncc(F)c(C(F)F)c1O. The maximum Gasteiger partial charge on any atom is 0.271 e. The molecule has 0 aliphatic carbocycles. The lowest BCUT2D eigenvalue weighted by atomic mass is 10.2. The summed E-state index contributed by atoms with van der Waals surface area (Å²) in [4.78, 5) is 13.6. The molecule has 0 aromatic carbocycles. The topological polar surface area (TPSA) is 76.2 Å². The molecule has 0 unspecified atom stereocenters. The second kappa shape index (κ2) is 3.52. The fraction of sp³-hybridized carbons (Fsp3) is 0.143. The second-order valence-corrected chi connectivity index (χ2v) is 2.38. The molecule has 3 N–H and O–H groups in total. The fourth-order valence-electron chi connectivity index (χ4n) is 0.880. The van der Waals surface area contributed by atoms with E-state index in [1.54, 1.807) is 0 Å². The van der Waals surface area contributed by atoms with E-state index in [2.05, 4.69) is 4.98 Å². The van der Waals surface area contributed by atoms with Gasteiger partial charge in [-0.25, -0.2) is 18.2 Å². The number of nitrogens with two attached hydrogens (primary N) is 1. The third kappa shape index (κ3) is 1.61. The van der Waals surface area contributed by atoms with E-state index in [9.17, 15) is 18.0 Å². The Bertz CT molecular complexity index is 381. The van der Waals surface area contributed by atoms with Crippen molar-refractivity contribution in [1.29, 1.82) is 0 Å². The van der Waals surface area contributed by atoms with Crippen molar-refractivity contribution in [3.8, 4) is 5.75 Å². The lowest BCUT2D eigenvalue weighted by molar-refractivity contribution is 0.0990. The summed E-state index contributed by atoms with van der Waals surface area (Å²) in [6.45, 7) is 0. The van der Waals surface area contributed by atoms with Gasteiger partial charge in [-0.3, -0.25) is 4.79 Å². The van der Waals surface area contributed by atoms with E-state index in [0.29, 0.717) is 6.20 Å². The second-order valence-electron chi connectivity index (χ2n) is 2.38. The largest absolute Gasteiger partial charge is 0.505 e. The fourth-order valence-corrected chi connectivity index (χ4v) is 0.880. The Balaban J connectivity index is 3.41. The van der Waals surface area contributed by atoms with Crippen molar-refractivity contribution in [1.82, 2.24) is 4.98 Å². The summed E-state index contributed by atoms with van der Waals surface area (Å²) in [6.07, 6.45) is -2.84. The molecule has 0 atom stereocenters. The summed E-state index contributed by atoms with van der Waals surface area (Å²) in [5, 5.41) is 9.03. The average molecular weight is 206 g/mol. The van der Waals surface area contributed by atoms with E-state index in [4.69, 9.17) is 10.8 Å². The van der Waals surface area contributed by atoms with Crippen molar-refractivity contribution in [2.24, 2.45) is 5.73 Å². The Hall–Kier alpha value is -1.79. The molecule has 76 valence electrons. The molecule has 1 aromatic rings. The van der Waals surface area contributed by atoms with E-state index < -0.39 is 35.2 Å². The number of carbonyl (C=O) groups is 1. The highest BCUT2D eigenvalue weighted by Gasteiger charge is 2.24. The molecule has 0 aliphatic heterocycles. The predicted octanol–water partition coefficient (Wildman–Crippen LogP) is 0.963. The molecule has 7 heteroatoms. The first-order valence-electron chi connectivity index (χ1n) is 3.40. The number of primary amides is 1. The average Bonchev–Trinajstić information content (AvgIpc) is 2.02. The van der Waals surface area contributed by atoms with Crippen molar-refractivity contribution >= 4 is 5.91 Å². The van der Waals surface area contributed by atoms with Gasteiger partial charge in [-0.15, -0.1) is 0 Å². The van der Waals surface area contributed by atoms with Gasteiger partial charge >= 0.3 is 0 Å². The van der Waals surface area contributed by atoms with Crippen molar-refractivity contribution in [2.75, 3.05) is 0 Å². The van der Waals surface area contributed by atoms with E-state index in [1.165, 1.54) is 0 Å². The molecule has 0 spiro atoms. The minimum Gasteiger partial charge on any atom is -0.505 e. The highest BCUT2D eigenvalue weighted by Crippen LogP contribution is 2.31. The smallest absolute Gasteiger partial charge is 0.271 e. The number of aromatic nitrogens is 1. The molecule has 14 heavy (non-hydrogen) atoms. The van der Waals surface area contributed by atoms with Crippen molar-refractivity contribution in [3.63, 3.8) is 0 Å². The van der Waals surface area contributed by atoms with Gasteiger partial charge in [-0.2, -0.15) is 0 Å².